The lowest BCUT2D eigenvalue weighted by molar-refractivity contribution is 0.0562. The Morgan fingerprint density at radius 3 is 3.22 bits per heavy atom. The second-order valence-electron chi connectivity index (χ2n) is 4.71. The summed E-state index contributed by atoms with van der Waals surface area (Å²) in [5.41, 5.74) is 0.909. The van der Waals surface area contributed by atoms with Crippen LogP contribution < -0.4 is 5.32 Å². The van der Waals surface area contributed by atoms with E-state index in [4.69, 9.17) is 9.15 Å². The molecule has 0 aromatic carbocycles. The van der Waals surface area contributed by atoms with Crippen LogP contribution in [0.5, 0.6) is 0 Å². The summed E-state index contributed by atoms with van der Waals surface area (Å²) in [5, 5.41) is 3.21. The lowest BCUT2D eigenvalue weighted by Crippen LogP contribution is -2.24. The lowest BCUT2D eigenvalue weighted by Gasteiger charge is -2.15. The topological polar surface area (TPSA) is 54.7 Å². The highest BCUT2D eigenvalue weighted by atomic mass is 16.5. The molecule has 1 saturated heterocycles. The highest BCUT2D eigenvalue weighted by molar-refractivity contribution is 5.87. The van der Waals surface area contributed by atoms with Gasteiger partial charge in [-0.3, -0.25) is 4.90 Å². The van der Waals surface area contributed by atoms with E-state index in [0.717, 1.165) is 31.7 Å². The third-order valence-electron chi connectivity index (χ3n) is 3.37. The Bertz CT molecular complexity index is 403. The van der Waals surface area contributed by atoms with Crippen molar-refractivity contribution in [2.45, 2.75) is 13.0 Å². The second kappa shape index (κ2) is 6.02. The predicted molar refractivity (Wildman–Crippen MR) is 67.4 cm³/mol. The van der Waals surface area contributed by atoms with Gasteiger partial charge in [-0.05, 0) is 38.5 Å². The van der Waals surface area contributed by atoms with Crippen molar-refractivity contribution in [3.05, 3.63) is 23.7 Å². The smallest absolute Gasteiger partial charge is 0.374 e. The third-order valence-corrected chi connectivity index (χ3v) is 3.37. The quantitative estimate of drug-likeness (QED) is 0.796. The average Bonchev–Trinajstić information content (AvgIpc) is 2.99. The Kier molecular flexibility index (Phi) is 4.38. The van der Waals surface area contributed by atoms with Gasteiger partial charge in [0, 0.05) is 18.7 Å². The number of ether oxygens (including phenoxy) is 1. The fourth-order valence-electron chi connectivity index (χ4n) is 2.48. The number of rotatable bonds is 5. The van der Waals surface area contributed by atoms with Crippen molar-refractivity contribution in [3.63, 3.8) is 0 Å². The maximum absolute atomic E-state index is 11.5. The van der Waals surface area contributed by atoms with E-state index in [2.05, 4.69) is 10.2 Å². The van der Waals surface area contributed by atoms with Crippen LogP contribution >= 0.6 is 0 Å². The molecule has 2 rings (SSSR count). The standard InChI is InChI=1S/C13H20N2O3/c1-14-7-10-3-5-15(8-10)9-11-4-6-18-12(11)13(16)17-2/h4,6,10,14H,3,5,7-9H2,1-2H3. The van der Waals surface area contributed by atoms with Crippen LogP contribution in [0.4, 0.5) is 0 Å². The molecule has 0 bridgehead atoms. The number of methoxy groups -OCH3 is 1. The van der Waals surface area contributed by atoms with Gasteiger partial charge < -0.3 is 14.5 Å². The molecular formula is C13H20N2O3. The number of hydrogen-bond donors (Lipinski definition) is 1. The summed E-state index contributed by atoms with van der Waals surface area (Å²) in [6, 6.07) is 1.84. The van der Waals surface area contributed by atoms with Crippen LogP contribution in [0.25, 0.3) is 0 Å². The van der Waals surface area contributed by atoms with Crippen molar-refractivity contribution >= 4 is 5.97 Å². The molecule has 1 N–H and O–H groups in total. The van der Waals surface area contributed by atoms with Gasteiger partial charge in [0.25, 0.3) is 0 Å². The van der Waals surface area contributed by atoms with E-state index in [1.165, 1.54) is 13.5 Å². The highest BCUT2D eigenvalue weighted by Gasteiger charge is 2.24. The van der Waals surface area contributed by atoms with Crippen molar-refractivity contribution in [2.24, 2.45) is 5.92 Å². The largest absolute Gasteiger partial charge is 0.463 e. The molecule has 1 aliphatic heterocycles. The van der Waals surface area contributed by atoms with E-state index in [1.54, 1.807) is 6.26 Å². The average molecular weight is 252 g/mol. The molecule has 0 amide bonds. The SMILES string of the molecule is CNCC1CCN(Cc2ccoc2C(=O)OC)C1. The summed E-state index contributed by atoms with van der Waals surface area (Å²) in [7, 11) is 3.35. The minimum absolute atomic E-state index is 0.328. The molecule has 0 spiro atoms. The predicted octanol–water partition coefficient (Wildman–Crippen LogP) is 1.11. The maximum Gasteiger partial charge on any atom is 0.374 e. The molecule has 1 aliphatic rings. The van der Waals surface area contributed by atoms with Gasteiger partial charge in [0.2, 0.25) is 5.76 Å². The van der Waals surface area contributed by atoms with Gasteiger partial charge >= 0.3 is 5.97 Å². The summed E-state index contributed by atoms with van der Waals surface area (Å²) in [5.74, 6) is 0.624. The number of carbonyl (C=O) groups is 1. The van der Waals surface area contributed by atoms with Gasteiger partial charge in [-0.25, -0.2) is 4.79 Å². The lowest BCUT2D eigenvalue weighted by atomic mass is 10.1. The van der Waals surface area contributed by atoms with Crippen LogP contribution in [-0.4, -0.2) is 44.7 Å². The number of carbonyl (C=O) groups excluding carboxylic acids is 1. The summed E-state index contributed by atoms with van der Waals surface area (Å²) in [6.07, 6.45) is 2.75. The third kappa shape index (κ3) is 2.91. The highest BCUT2D eigenvalue weighted by Crippen LogP contribution is 2.20. The zero-order valence-corrected chi connectivity index (χ0v) is 10.9. The van der Waals surface area contributed by atoms with Gasteiger partial charge in [-0.15, -0.1) is 0 Å². The monoisotopic (exact) mass is 252 g/mol. The molecule has 1 fully saturated rings. The molecule has 1 aromatic heterocycles. The number of esters is 1. The summed E-state index contributed by atoms with van der Waals surface area (Å²) in [4.78, 5) is 13.8. The van der Waals surface area contributed by atoms with Gasteiger partial charge in [-0.2, -0.15) is 0 Å². The first-order chi connectivity index (χ1) is 8.74. The molecular weight excluding hydrogens is 232 g/mol. The Morgan fingerprint density at radius 2 is 2.50 bits per heavy atom. The summed E-state index contributed by atoms with van der Waals surface area (Å²) in [6.45, 7) is 3.93. The number of nitrogens with one attached hydrogen (secondary N) is 1. The van der Waals surface area contributed by atoms with E-state index in [-0.39, 0.29) is 0 Å². The fourth-order valence-corrected chi connectivity index (χ4v) is 2.48. The molecule has 1 aromatic rings. The van der Waals surface area contributed by atoms with Crippen molar-refractivity contribution < 1.29 is 13.9 Å². The van der Waals surface area contributed by atoms with Crippen molar-refractivity contribution in [2.75, 3.05) is 33.8 Å². The number of nitrogens with zero attached hydrogens (tertiary/aromatic N) is 1. The van der Waals surface area contributed by atoms with E-state index < -0.39 is 5.97 Å². The van der Waals surface area contributed by atoms with E-state index >= 15 is 0 Å². The van der Waals surface area contributed by atoms with E-state index in [1.807, 2.05) is 13.1 Å². The minimum Gasteiger partial charge on any atom is -0.463 e. The molecule has 5 nitrogen and oxygen atoms in total. The number of hydrogen-bond acceptors (Lipinski definition) is 5. The van der Waals surface area contributed by atoms with E-state index in [9.17, 15) is 4.79 Å². The molecule has 1 atom stereocenters. The molecule has 100 valence electrons. The molecule has 0 aliphatic carbocycles. The number of likely N-dealkylation sites (tertiary alicyclic amines) is 1. The van der Waals surface area contributed by atoms with Gasteiger partial charge in [0.1, 0.15) is 0 Å². The van der Waals surface area contributed by atoms with Crippen LogP contribution in [0.1, 0.15) is 22.5 Å². The summed E-state index contributed by atoms with van der Waals surface area (Å²) >= 11 is 0. The second-order valence-corrected chi connectivity index (χ2v) is 4.71. The van der Waals surface area contributed by atoms with Gasteiger partial charge in [0.15, 0.2) is 0 Å². The zero-order chi connectivity index (χ0) is 13.0. The Morgan fingerprint density at radius 1 is 1.67 bits per heavy atom. The Hall–Kier alpha value is -1.33. The maximum atomic E-state index is 11.5. The van der Waals surface area contributed by atoms with Crippen molar-refractivity contribution in [1.82, 2.24) is 10.2 Å². The minimum atomic E-state index is -0.402. The number of furan rings is 1. The first kappa shape index (κ1) is 13.1. The molecule has 0 saturated carbocycles. The van der Waals surface area contributed by atoms with Crippen LogP contribution in [0.15, 0.2) is 16.7 Å². The van der Waals surface area contributed by atoms with Gasteiger partial charge in [-0.1, -0.05) is 0 Å². The molecule has 2 heterocycles. The molecule has 5 heteroatoms. The van der Waals surface area contributed by atoms with Crippen LogP contribution in [-0.2, 0) is 11.3 Å². The molecule has 1 unspecified atom stereocenters. The first-order valence-corrected chi connectivity index (χ1v) is 6.26. The molecule has 18 heavy (non-hydrogen) atoms. The van der Waals surface area contributed by atoms with Gasteiger partial charge in [0.05, 0.1) is 13.4 Å². The fraction of sp³-hybridized carbons (Fsp3) is 0.615. The van der Waals surface area contributed by atoms with Crippen LogP contribution in [0, 0.1) is 5.92 Å². The Labute approximate surface area is 107 Å². The Balaban J connectivity index is 1.94. The van der Waals surface area contributed by atoms with Crippen molar-refractivity contribution in [3.8, 4) is 0 Å². The van der Waals surface area contributed by atoms with Crippen LogP contribution in [0.3, 0.4) is 0 Å². The van der Waals surface area contributed by atoms with E-state index in [0.29, 0.717) is 11.7 Å². The normalized spacial score (nSPS) is 20.2. The summed E-state index contributed by atoms with van der Waals surface area (Å²) < 4.78 is 9.89. The van der Waals surface area contributed by atoms with Crippen molar-refractivity contribution in [1.29, 1.82) is 0 Å². The zero-order valence-electron chi connectivity index (χ0n) is 10.9. The van der Waals surface area contributed by atoms with Crippen LogP contribution in [0.2, 0.25) is 0 Å². The molecule has 0 radical (unpaired) electrons. The first-order valence-electron chi connectivity index (χ1n) is 6.26.